The summed E-state index contributed by atoms with van der Waals surface area (Å²) in [6.45, 7) is 1.57. The van der Waals surface area contributed by atoms with Gasteiger partial charge < -0.3 is 11.1 Å². The Labute approximate surface area is 111 Å². The minimum absolute atomic E-state index is 0.0415. The van der Waals surface area contributed by atoms with Crippen LogP contribution in [0.2, 0.25) is 0 Å². The number of aryl methyl sites for hydroxylation is 1. The van der Waals surface area contributed by atoms with E-state index in [1.807, 2.05) is 0 Å². The Balaban J connectivity index is 2.27. The Morgan fingerprint density at radius 3 is 2.65 bits per heavy atom. The molecule has 0 aliphatic heterocycles. The van der Waals surface area contributed by atoms with Crippen LogP contribution in [0.5, 0.6) is 0 Å². The van der Waals surface area contributed by atoms with Gasteiger partial charge in [-0.1, -0.05) is 6.07 Å². The molecular weight excluding hydrogens is 275 g/mol. The quantitative estimate of drug-likeness (QED) is 0.785. The van der Waals surface area contributed by atoms with Crippen LogP contribution >= 0.6 is 0 Å². The van der Waals surface area contributed by atoms with Crippen molar-refractivity contribution in [1.29, 1.82) is 0 Å². The summed E-state index contributed by atoms with van der Waals surface area (Å²) in [5.41, 5.74) is 4.91. The fourth-order valence-electron chi connectivity index (χ4n) is 1.49. The van der Waals surface area contributed by atoms with E-state index in [-0.39, 0.29) is 17.5 Å². The molecule has 0 fully saturated rings. The van der Waals surface area contributed by atoms with Crippen molar-refractivity contribution in [2.75, 3.05) is 11.1 Å². The highest BCUT2D eigenvalue weighted by molar-refractivity contribution is 6.02. The monoisotopic (exact) mass is 285 g/mol. The van der Waals surface area contributed by atoms with E-state index in [0.29, 0.717) is 5.56 Å². The lowest BCUT2D eigenvalue weighted by molar-refractivity contribution is -0.137. The zero-order valence-corrected chi connectivity index (χ0v) is 10.2. The van der Waals surface area contributed by atoms with E-state index in [4.69, 9.17) is 5.73 Å². The molecule has 20 heavy (non-hydrogen) atoms. The largest absolute Gasteiger partial charge is 0.416 e. The topological polar surface area (TPSA) is 96.7 Å². The number of hydrogen-bond donors (Lipinski definition) is 3. The number of aromatic nitrogens is 3. The number of hydrogen-bond acceptors (Lipinski definition) is 4. The van der Waals surface area contributed by atoms with Crippen molar-refractivity contribution in [2.45, 2.75) is 13.1 Å². The molecule has 0 aliphatic rings. The smallest absolute Gasteiger partial charge is 0.366 e. The Morgan fingerprint density at radius 1 is 1.40 bits per heavy atom. The lowest BCUT2D eigenvalue weighted by atomic mass is 10.1. The van der Waals surface area contributed by atoms with E-state index in [9.17, 15) is 18.0 Å². The number of rotatable bonds is 2. The van der Waals surface area contributed by atoms with Crippen LogP contribution in [0.1, 0.15) is 21.7 Å². The lowest BCUT2D eigenvalue weighted by Crippen LogP contribution is -2.15. The van der Waals surface area contributed by atoms with Gasteiger partial charge in [0, 0.05) is 5.69 Å². The van der Waals surface area contributed by atoms with E-state index >= 15 is 0 Å². The standard InChI is InChI=1S/C11H10F3N5O/c1-5-2-3-6(11(12,13)14)4-7(5)16-9(20)8-17-10(15)19-18-8/h2-4H,1H3,(H,16,20)(H3,15,17,18,19). The third kappa shape index (κ3) is 2.87. The van der Waals surface area contributed by atoms with E-state index in [2.05, 4.69) is 20.5 Å². The molecule has 0 saturated carbocycles. The van der Waals surface area contributed by atoms with Crippen molar-refractivity contribution in [3.05, 3.63) is 35.2 Å². The third-order valence-electron chi connectivity index (χ3n) is 2.53. The molecule has 1 amide bonds. The predicted octanol–water partition coefficient (Wildman–Crippen LogP) is 1.97. The molecule has 2 rings (SSSR count). The van der Waals surface area contributed by atoms with Crippen molar-refractivity contribution in [1.82, 2.24) is 15.2 Å². The summed E-state index contributed by atoms with van der Waals surface area (Å²) in [6.07, 6.45) is -4.48. The number of anilines is 2. The number of halogens is 3. The van der Waals surface area contributed by atoms with Gasteiger partial charge >= 0.3 is 6.18 Å². The maximum atomic E-state index is 12.6. The highest BCUT2D eigenvalue weighted by Crippen LogP contribution is 2.32. The number of nitrogens with two attached hydrogens (primary N) is 1. The first kappa shape index (κ1) is 13.8. The number of alkyl halides is 3. The summed E-state index contributed by atoms with van der Waals surface area (Å²) >= 11 is 0. The molecule has 0 saturated heterocycles. The molecule has 0 atom stereocenters. The molecule has 0 bridgehead atoms. The van der Waals surface area contributed by atoms with Gasteiger partial charge in [-0.25, -0.2) is 0 Å². The third-order valence-corrected chi connectivity index (χ3v) is 2.53. The van der Waals surface area contributed by atoms with Crippen LogP contribution in [0.4, 0.5) is 24.8 Å². The first-order valence-corrected chi connectivity index (χ1v) is 5.44. The summed E-state index contributed by atoms with van der Waals surface area (Å²) in [5.74, 6) is -1.04. The Kier molecular flexibility index (Phi) is 3.35. The number of nitrogen functional groups attached to an aromatic ring is 1. The zero-order chi connectivity index (χ0) is 14.9. The van der Waals surface area contributed by atoms with E-state index < -0.39 is 17.6 Å². The molecule has 0 radical (unpaired) electrons. The molecule has 1 heterocycles. The number of carbonyl (C=O) groups is 1. The second kappa shape index (κ2) is 4.83. The van der Waals surface area contributed by atoms with Crippen molar-refractivity contribution in [2.24, 2.45) is 0 Å². The SMILES string of the molecule is Cc1ccc(C(F)(F)F)cc1NC(=O)c1nc(N)n[nH]1. The summed E-state index contributed by atoms with van der Waals surface area (Å²) in [5, 5.41) is 8.05. The average molecular weight is 285 g/mol. The lowest BCUT2D eigenvalue weighted by Gasteiger charge is -2.11. The number of benzene rings is 1. The predicted molar refractivity (Wildman–Crippen MR) is 64.9 cm³/mol. The molecule has 0 unspecified atom stereocenters. The van der Waals surface area contributed by atoms with Gasteiger partial charge in [0.15, 0.2) is 0 Å². The number of aromatic amines is 1. The van der Waals surface area contributed by atoms with Gasteiger partial charge in [-0.15, -0.1) is 5.10 Å². The zero-order valence-electron chi connectivity index (χ0n) is 10.2. The van der Waals surface area contributed by atoms with Crippen molar-refractivity contribution >= 4 is 17.5 Å². The second-order valence-electron chi connectivity index (χ2n) is 4.02. The van der Waals surface area contributed by atoms with Gasteiger partial charge in [-0.2, -0.15) is 18.2 Å². The minimum Gasteiger partial charge on any atom is -0.366 e. The van der Waals surface area contributed by atoms with Gasteiger partial charge in [-0.3, -0.25) is 9.89 Å². The molecule has 4 N–H and O–H groups in total. The van der Waals surface area contributed by atoms with Crippen LogP contribution in [0.3, 0.4) is 0 Å². The van der Waals surface area contributed by atoms with Crippen molar-refractivity contribution in [3.63, 3.8) is 0 Å². The van der Waals surface area contributed by atoms with Crippen LogP contribution < -0.4 is 11.1 Å². The summed E-state index contributed by atoms with van der Waals surface area (Å²) < 4.78 is 37.8. The van der Waals surface area contributed by atoms with E-state index in [0.717, 1.165) is 12.1 Å². The van der Waals surface area contributed by atoms with Crippen molar-refractivity contribution < 1.29 is 18.0 Å². The summed E-state index contributed by atoms with van der Waals surface area (Å²) in [6, 6.07) is 3.07. The van der Waals surface area contributed by atoms with Crippen LogP contribution in [0.15, 0.2) is 18.2 Å². The van der Waals surface area contributed by atoms with E-state index in [1.165, 1.54) is 6.07 Å². The van der Waals surface area contributed by atoms with Gasteiger partial charge in [-0.05, 0) is 24.6 Å². The Morgan fingerprint density at radius 2 is 2.10 bits per heavy atom. The minimum atomic E-state index is -4.48. The molecule has 9 heteroatoms. The average Bonchev–Trinajstić information content (AvgIpc) is 2.77. The fourth-order valence-corrected chi connectivity index (χ4v) is 1.49. The van der Waals surface area contributed by atoms with Crippen molar-refractivity contribution in [3.8, 4) is 0 Å². The Hall–Kier alpha value is -2.58. The first-order chi connectivity index (χ1) is 9.27. The summed E-state index contributed by atoms with van der Waals surface area (Å²) in [4.78, 5) is 15.3. The van der Waals surface area contributed by atoms with E-state index in [1.54, 1.807) is 6.92 Å². The fraction of sp³-hybridized carbons (Fsp3) is 0.182. The molecule has 1 aromatic heterocycles. The van der Waals surface area contributed by atoms with Crippen LogP contribution in [-0.2, 0) is 6.18 Å². The molecule has 0 aliphatic carbocycles. The first-order valence-electron chi connectivity index (χ1n) is 5.44. The molecule has 1 aromatic carbocycles. The maximum Gasteiger partial charge on any atom is 0.416 e. The second-order valence-corrected chi connectivity index (χ2v) is 4.02. The molecule has 2 aromatic rings. The van der Waals surface area contributed by atoms with Gasteiger partial charge in [0.1, 0.15) is 0 Å². The maximum absolute atomic E-state index is 12.6. The molecule has 0 spiro atoms. The Bertz CT molecular complexity index is 650. The normalized spacial score (nSPS) is 11.4. The number of nitrogens with one attached hydrogen (secondary N) is 2. The van der Waals surface area contributed by atoms with Gasteiger partial charge in [0.25, 0.3) is 5.91 Å². The number of carbonyl (C=O) groups excluding carboxylic acids is 1. The van der Waals surface area contributed by atoms with Crippen LogP contribution in [0, 0.1) is 6.92 Å². The van der Waals surface area contributed by atoms with Gasteiger partial charge in [0.05, 0.1) is 5.56 Å². The van der Waals surface area contributed by atoms with Crippen LogP contribution in [-0.4, -0.2) is 21.1 Å². The highest BCUT2D eigenvalue weighted by atomic mass is 19.4. The molecular formula is C11H10F3N5O. The molecule has 106 valence electrons. The van der Waals surface area contributed by atoms with Gasteiger partial charge in [0.2, 0.25) is 11.8 Å². The molecule has 6 nitrogen and oxygen atoms in total. The summed E-state index contributed by atoms with van der Waals surface area (Å²) in [7, 11) is 0. The highest BCUT2D eigenvalue weighted by Gasteiger charge is 2.31. The number of nitrogens with zero attached hydrogens (tertiary/aromatic N) is 2. The number of H-pyrrole nitrogens is 1. The number of amides is 1. The van der Waals surface area contributed by atoms with Crippen LogP contribution in [0.25, 0.3) is 0 Å².